The van der Waals surface area contributed by atoms with E-state index in [1.54, 1.807) is 12.4 Å². The molecule has 0 amide bonds. The van der Waals surface area contributed by atoms with Crippen molar-refractivity contribution in [1.29, 1.82) is 0 Å². The maximum absolute atomic E-state index is 5.65. The standard InChI is InChI=1S/C14H19BrN4O/c1-14(2,3)17-6-4-5-12-18-19-13(20-12)10-7-11(15)9-16-8-10/h7-9,17H,4-6H2,1-3H3. The molecule has 0 unspecified atom stereocenters. The van der Waals surface area contributed by atoms with Gasteiger partial charge in [0.2, 0.25) is 11.8 Å². The van der Waals surface area contributed by atoms with Crippen LogP contribution in [-0.2, 0) is 6.42 Å². The lowest BCUT2D eigenvalue weighted by Crippen LogP contribution is -2.36. The number of hydrogen-bond acceptors (Lipinski definition) is 5. The smallest absolute Gasteiger partial charge is 0.249 e. The molecular weight excluding hydrogens is 320 g/mol. The van der Waals surface area contributed by atoms with E-state index in [9.17, 15) is 0 Å². The Labute approximate surface area is 127 Å². The normalized spacial score (nSPS) is 11.8. The van der Waals surface area contributed by atoms with Gasteiger partial charge in [0, 0.05) is 28.8 Å². The van der Waals surface area contributed by atoms with E-state index in [0.29, 0.717) is 11.8 Å². The van der Waals surface area contributed by atoms with E-state index in [1.807, 2.05) is 6.07 Å². The number of pyridine rings is 1. The molecule has 0 spiro atoms. The zero-order valence-electron chi connectivity index (χ0n) is 12.0. The fourth-order valence-corrected chi connectivity index (χ4v) is 2.07. The lowest BCUT2D eigenvalue weighted by atomic mass is 10.1. The number of rotatable bonds is 5. The molecule has 2 heterocycles. The van der Waals surface area contributed by atoms with Gasteiger partial charge in [-0.25, -0.2) is 0 Å². The summed E-state index contributed by atoms with van der Waals surface area (Å²) in [5.41, 5.74) is 0.966. The van der Waals surface area contributed by atoms with Crippen LogP contribution >= 0.6 is 15.9 Å². The second-order valence-electron chi connectivity index (χ2n) is 5.67. The van der Waals surface area contributed by atoms with Gasteiger partial charge in [0.15, 0.2) is 0 Å². The van der Waals surface area contributed by atoms with Gasteiger partial charge in [0.05, 0.1) is 5.56 Å². The molecular formula is C14H19BrN4O. The third-order valence-electron chi connectivity index (χ3n) is 2.64. The fourth-order valence-electron chi connectivity index (χ4n) is 1.70. The van der Waals surface area contributed by atoms with Crippen molar-refractivity contribution in [1.82, 2.24) is 20.5 Å². The number of nitrogens with zero attached hydrogens (tertiary/aromatic N) is 3. The summed E-state index contributed by atoms with van der Waals surface area (Å²) < 4.78 is 6.54. The van der Waals surface area contributed by atoms with Gasteiger partial charge in [0.25, 0.3) is 0 Å². The number of aromatic nitrogens is 3. The van der Waals surface area contributed by atoms with Crippen LogP contribution in [0, 0.1) is 0 Å². The second-order valence-corrected chi connectivity index (χ2v) is 6.59. The van der Waals surface area contributed by atoms with Crippen LogP contribution in [0.15, 0.2) is 27.3 Å². The number of halogens is 1. The molecule has 0 aliphatic rings. The van der Waals surface area contributed by atoms with Crippen LogP contribution in [0.4, 0.5) is 0 Å². The zero-order valence-corrected chi connectivity index (χ0v) is 13.6. The van der Waals surface area contributed by atoms with Crippen molar-refractivity contribution in [3.63, 3.8) is 0 Å². The quantitative estimate of drug-likeness (QED) is 0.848. The molecule has 0 aliphatic carbocycles. The molecule has 0 fully saturated rings. The SMILES string of the molecule is CC(C)(C)NCCCc1nnc(-c2cncc(Br)c2)o1. The van der Waals surface area contributed by atoms with Gasteiger partial charge in [-0.1, -0.05) is 0 Å². The molecule has 0 radical (unpaired) electrons. The summed E-state index contributed by atoms with van der Waals surface area (Å²) >= 11 is 3.38. The number of aryl methyl sites for hydroxylation is 1. The van der Waals surface area contributed by atoms with Crippen molar-refractivity contribution >= 4 is 15.9 Å². The van der Waals surface area contributed by atoms with Crippen LogP contribution in [0.5, 0.6) is 0 Å². The third-order valence-corrected chi connectivity index (χ3v) is 3.08. The van der Waals surface area contributed by atoms with Gasteiger partial charge < -0.3 is 9.73 Å². The first-order valence-electron chi connectivity index (χ1n) is 6.62. The molecule has 0 bridgehead atoms. The van der Waals surface area contributed by atoms with Crippen LogP contribution in [0.3, 0.4) is 0 Å². The van der Waals surface area contributed by atoms with Crippen LogP contribution in [-0.4, -0.2) is 27.3 Å². The molecule has 6 heteroatoms. The highest BCUT2D eigenvalue weighted by Crippen LogP contribution is 2.20. The molecule has 0 saturated carbocycles. The van der Waals surface area contributed by atoms with E-state index >= 15 is 0 Å². The van der Waals surface area contributed by atoms with E-state index in [4.69, 9.17) is 4.42 Å². The van der Waals surface area contributed by atoms with Crippen molar-refractivity contribution in [2.75, 3.05) is 6.54 Å². The minimum Gasteiger partial charge on any atom is -0.421 e. The van der Waals surface area contributed by atoms with Crippen molar-refractivity contribution in [3.8, 4) is 11.5 Å². The van der Waals surface area contributed by atoms with Crippen LogP contribution in [0.1, 0.15) is 33.1 Å². The van der Waals surface area contributed by atoms with Crippen molar-refractivity contribution in [3.05, 3.63) is 28.8 Å². The molecule has 2 rings (SSSR count). The molecule has 108 valence electrons. The lowest BCUT2D eigenvalue weighted by molar-refractivity contribution is 0.412. The lowest BCUT2D eigenvalue weighted by Gasteiger charge is -2.19. The van der Waals surface area contributed by atoms with Gasteiger partial charge >= 0.3 is 0 Å². The molecule has 0 aromatic carbocycles. The molecule has 2 aromatic rings. The van der Waals surface area contributed by atoms with Crippen LogP contribution in [0.2, 0.25) is 0 Å². The molecule has 0 saturated heterocycles. The van der Waals surface area contributed by atoms with Gasteiger partial charge in [-0.2, -0.15) is 0 Å². The topological polar surface area (TPSA) is 63.8 Å². The Morgan fingerprint density at radius 1 is 1.25 bits per heavy atom. The zero-order chi connectivity index (χ0) is 14.6. The summed E-state index contributed by atoms with van der Waals surface area (Å²) in [4.78, 5) is 4.09. The maximum Gasteiger partial charge on any atom is 0.249 e. The number of nitrogens with one attached hydrogen (secondary N) is 1. The van der Waals surface area contributed by atoms with Crippen molar-refractivity contribution in [2.24, 2.45) is 0 Å². The Morgan fingerprint density at radius 3 is 2.75 bits per heavy atom. The molecule has 0 atom stereocenters. The van der Waals surface area contributed by atoms with Gasteiger partial charge in [-0.3, -0.25) is 4.98 Å². The Kier molecular flexibility index (Phi) is 4.88. The summed E-state index contributed by atoms with van der Waals surface area (Å²) in [7, 11) is 0. The average Bonchev–Trinajstić information content (AvgIpc) is 2.82. The molecule has 2 aromatic heterocycles. The summed E-state index contributed by atoms with van der Waals surface area (Å²) in [6.45, 7) is 7.38. The van der Waals surface area contributed by atoms with Crippen molar-refractivity contribution in [2.45, 2.75) is 39.2 Å². The Bertz CT molecular complexity index is 562. The largest absolute Gasteiger partial charge is 0.421 e. The minimum atomic E-state index is 0.141. The van der Waals surface area contributed by atoms with E-state index in [2.05, 4.69) is 57.2 Å². The van der Waals surface area contributed by atoms with E-state index in [0.717, 1.165) is 29.4 Å². The first-order valence-corrected chi connectivity index (χ1v) is 7.42. The summed E-state index contributed by atoms with van der Waals surface area (Å²) in [6.07, 6.45) is 5.18. The predicted molar refractivity (Wildman–Crippen MR) is 81.3 cm³/mol. The molecule has 0 aliphatic heterocycles. The summed E-state index contributed by atoms with van der Waals surface area (Å²) in [6, 6.07) is 1.91. The van der Waals surface area contributed by atoms with Crippen LogP contribution < -0.4 is 5.32 Å². The molecule has 20 heavy (non-hydrogen) atoms. The van der Waals surface area contributed by atoms with Gasteiger partial charge in [0.1, 0.15) is 0 Å². The van der Waals surface area contributed by atoms with E-state index in [-0.39, 0.29) is 5.54 Å². The molecule has 1 N–H and O–H groups in total. The highest BCUT2D eigenvalue weighted by Gasteiger charge is 2.11. The van der Waals surface area contributed by atoms with E-state index in [1.165, 1.54) is 0 Å². The fraction of sp³-hybridized carbons (Fsp3) is 0.500. The third kappa shape index (κ3) is 4.68. The Morgan fingerprint density at radius 2 is 2.05 bits per heavy atom. The second kappa shape index (κ2) is 6.45. The monoisotopic (exact) mass is 338 g/mol. The van der Waals surface area contributed by atoms with Gasteiger partial charge in [-0.05, 0) is 55.7 Å². The van der Waals surface area contributed by atoms with Crippen LogP contribution in [0.25, 0.3) is 11.5 Å². The van der Waals surface area contributed by atoms with Gasteiger partial charge in [-0.15, -0.1) is 10.2 Å². The number of hydrogen-bond donors (Lipinski definition) is 1. The highest BCUT2D eigenvalue weighted by atomic mass is 79.9. The first kappa shape index (κ1) is 15.1. The summed E-state index contributed by atoms with van der Waals surface area (Å²) in [5, 5.41) is 11.6. The highest BCUT2D eigenvalue weighted by molar-refractivity contribution is 9.10. The minimum absolute atomic E-state index is 0.141. The maximum atomic E-state index is 5.65. The first-order chi connectivity index (χ1) is 9.44. The van der Waals surface area contributed by atoms with Crippen molar-refractivity contribution < 1.29 is 4.42 Å². The summed E-state index contributed by atoms with van der Waals surface area (Å²) in [5.74, 6) is 1.17. The Balaban J connectivity index is 1.90. The predicted octanol–water partition coefficient (Wildman–Crippen LogP) is 3.21. The Hall–Kier alpha value is -1.27. The average molecular weight is 339 g/mol. The molecule has 5 nitrogen and oxygen atoms in total. The van der Waals surface area contributed by atoms with E-state index < -0.39 is 0 Å².